The summed E-state index contributed by atoms with van der Waals surface area (Å²) in [6, 6.07) is 7.21. The van der Waals surface area contributed by atoms with Gasteiger partial charge in [-0.3, -0.25) is 14.5 Å². The first-order chi connectivity index (χ1) is 11.5. The molecule has 0 radical (unpaired) electrons. The molecular formula is C20H22BrNO2. The van der Waals surface area contributed by atoms with Gasteiger partial charge >= 0.3 is 0 Å². The van der Waals surface area contributed by atoms with Crippen LogP contribution in [-0.2, 0) is 0 Å². The van der Waals surface area contributed by atoms with Crippen LogP contribution >= 0.6 is 15.9 Å². The van der Waals surface area contributed by atoms with Gasteiger partial charge < -0.3 is 0 Å². The molecule has 4 saturated carbocycles. The van der Waals surface area contributed by atoms with E-state index in [9.17, 15) is 9.59 Å². The number of hydrogen-bond donors (Lipinski definition) is 0. The zero-order valence-corrected chi connectivity index (χ0v) is 15.3. The van der Waals surface area contributed by atoms with E-state index >= 15 is 0 Å². The lowest BCUT2D eigenvalue weighted by Crippen LogP contribution is -2.53. The number of amides is 2. The third-order valence-corrected chi connectivity index (χ3v) is 7.78. The average Bonchev–Trinajstić information content (AvgIpc) is 2.75. The molecule has 5 aliphatic rings. The maximum absolute atomic E-state index is 12.6. The first-order valence-corrected chi connectivity index (χ1v) is 9.91. The van der Waals surface area contributed by atoms with Crippen molar-refractivity contribution in [2.75, 3.05) is 6.54 Å². The Morgan fingerprint density at radius 2 is 1.58 bits per heavy atom. The van der Waals surface area contributed by atoms with Gasteiger partial charge in [-0.25, -0.2) is 0 Å². The van der Waals surface area contributed by atoms with Crippen LogP contribution in [0.2, 0.25) is 0 Å². The third-order valence-electron chi connectivity index (χ3n) is 6.85. The largest absolute Gasteiger partial charge is 0.274 e. The Morgan fingerprint density at radius 3 is 2.12 bits per heavy atom. The van der Waals surface area contributed by atoms with Crippen LogP contribution in [0.25, 0.3) is 0 Å². The Balaban J connectivity index is 1.36. The molecule has 2 unspecified atom stereocenters. The van der Waals surface area contributed by atoms with Crippen molar-refractivity contribution in [2.45, 2.75) is 49.3 Å². The van der Waals surface area contributed by atoms with Crippen molar-refractivity contribution < 1.29 is 9.59 Å². The molecule has 4 bridgehead atoms. The molecule has 126 valence electrons. The van der Waals surface area contributed by atoms with Crippen LogP contribution in [0.15, 0.2) is 24.3 Å². The van der Waals surface area contributed by atoms with Crippen molar-refractivity contribution in [3.63, 3.8) is 0 Å². The summed E-state index contributed by atoms with van der Waals surface area (Å²) in [5.41, 5.74) is 1.48. The van der Waals surface area contributed by atoms with Crippen molar-refractivity contribution >= 4 is 27.7 Å². The standard InChI is InChI=1S/C20H22BrNO2/c21-20-10-13-7-14(11-20)9-19(8-13,12-20)5-6-22-17(23)15-3-1-2-4-16(15)18(22)24/h1-4,13-14H,5-12H2/t13-,14+,19?,20?. The Labute approximate surface area is 150 Å². The second-order valence-electron chi connectivity index (χ2n) is 8.67. The molecule has 4 fully saturated rings. The minimum Gasteiger partial charge on any atom is -0.274 e. The molecule has 4 atom stereocenters. The second-order valence-corrected chi connectivity index (χ2v) is 10.4. The van der Waals surface area contributed by atoms with Crippen molar-refractivity contribution in [1.29, 1.82) is 0 Å². The minimum absolute atomic E-state index is 0.103. The van der Waals surface area contributed by atoms with Crippen molar-refractivity contribution in [3.8, 4) is 0 Å². The summed E-state index contributed by atoms with van der Waals surface area (Å²) < 4.78 is 0.332. The fourth-order valence-corrected chi connectivity index (χ4v) is 7.93. The van der Waals surface area contributed by atoms with Gasteiger partial charge in [0.1, 0.15) is 0 Å². The van der Waals surface area contributed by atoms with Crippen molar-refractivity contribution in [3.05, 3.63) is 35.4 Å². The highest BCUT2D eigenvalue weighted by atomic mass is 79.9. The number of carbonyl (C=O) groups is 2. The highest BCUT2D eigenvalue weighted by Gasteiger charge is 2.56. The first kappa shape index (κ1) is 15.1. The number of alkyl halides is 1. The number of carbonyl (C=O) groups excluding carboxylic acids is 2. The summed E-state index contributed by atoms with van der Waals surface area (Å²) in [5.74, 6) is 1.48. The van der Waals surface area contributed by atoms with Gasteiger partial charge in [-0.1, -0.05) is 28.1 Å². The van der Waals surface area contributed by atoms with E-state index in [1.807, 2.05) is 12.1 Å². The van der Waals surface area contributed by atoms with Crippen LogP contribution < -0.4 is 0 Å². The normalized spacial score (nSPS) is 39.6. The molecule has 6 rings (SSSR count). The number of halogens is 1. The Hall–Kier alpha value is -1.16. The lowest BCUT2D eigenvalue weighted by molar-refractivity contribution is -0.0422. The summed E-state index contributed by atoms with van der Waals surface area (Å²) in [5, 5.41) is 0. The van der Waals surface area contributed by atoms with Crippen LogP contribution in [0.3, 0.4) is 0 Å². The maximum Gasteiger partial charge on any atom is 0.261 e. The van der Waals surface area contributed by atoms with E-state index in [1.165, 1.54) is 43.4 Å². The van der Waals surface area contributed by atoms with Gasteiger partial charge in [-0.2, -0.15) is 0 Å². The van der Waals surface area contributed by atoms with E-state index in [0.717, 1.165) is 18.3 Å². The lowest BCUT2D eigenvalue weighted by Gasteiger charge is -2.60. The van der Waals surface area contributed by atoms with E-state index < -0.39 is 0 Å². The Morgan fingerprint density at radius 1 is 1.00 bits per heavy atom. The van der Waals surface area contributed by atoms with Crippen molar-refractivity contribution in [2.24, 2.45) is 17.3 Å². The second kappa shape index (κ2) is 4.94. The van der Waals surface area contributed by atoms with Gasteiger partial charge in [0.15, 0.2) is 0 Å². The molecule has 2 amide bonds. The molecule has 0 saturated heterocycles. The number of imide groups is 1. The molecule has 4 aliphatic carbocycles. The predicted molar refractivity (Wildman–Crippen MR) is 95.2 cm³/mol. The Kier molecular flexibility index (Phi) is 3.11. The number of nitrogens with zero attached hydrogens (tertiary/aromatic N) is 1. The average molecular weight is 388 g/mol. The van der Waals surface area contributed by atoms with E-state index in [0.29, 0.717) is 27.4 Å². The molecule has 0 N–H and O–H groups in total. The van der Waals surface area contributed by atoms with E-state index in [4.69, 9.17) is 0 Å². The molecule has 24 heavy (non-hydrogen) atoms. The summed E-state index contributed by atoms with van der Waals surface area (Å²) in [4.78, 5) is 26.7. The van der Waals surface area contributed by atoms with E-state index in [-0.39, 0.29) is 11.8 Å². The van der Waals surface area contributed by atoms with Crippen LogP contribution in [0.5, 0.6) is 0 Å². The molecule has 0 aromatic heterocycles. The van der Waals surface area contributed by atoms with Crippen LogP contribution in [-0.4, -0.2) is 27.6 Å². The number of benzene rings is 1. The smallest absolute Gasteiger partial charge is 0.261 e. The van der Waals surface area contributed by atoms with E-state index in [1.54, 1.807) is 12.1 Å². The summed E-state index contributed by atoms with van der Waals surface area (Å²) in [6.45, 7) is 0.578. The van der Waals surface area contributed by atoms with Gasteiger partial charge in [0, 0.05) is 10.9 Å². The zero-order chi connectivity index (χ0) is 16.5. The molecule has 1 aliphatic heterocycles. The molecule has 4 heteroatoms. The maximum atomic E-state index is 12.6. The zero-order valence-electron chi connectivity index (χ0n) is 13.8. The first-order valence-electron chi connectivity index (χ1n) is 9.11. The minimum atomic E-state index is -0.103. The fourth-order valence-electron chi connectivity index (χ4n) is 6.42. The van der Waals surface area contributed by atoms with Gasteiger partial charge in [0.2, 0.25) is 0 Å². The van der Waals surface area contributed by atoms with Gasteiger partial charge in [-0.15, -0.1) is 0 Å². The van der Waals surface area contributed by atoms with Crippen LogP contribution in [0.4, 0.5) is 0 Å². The topological polar surface area (TPSA) is 37.4 Å². The third kappa shape index (κ3) is 2.15. The molecule has 1 aromatic carbocycles. The van der Waals surface area contributed by atoms with Crippen LogP contribution in [0, 0.1) is 17.3 Å². The number of hydrogen-bond acceptors (Lipinski definition) is 2. The van der Waals surface area contributed by atoms with Crippen molar-refractivity contribution in [1.82, 2.24) is 4.90 Å². The van der Waals surface area contributed by atoms with Crippen LogP contribution in [0.1, 0.15) is 65.7 Å². The molecular weight excluding hydrogens is 366 g/mol. The molecule has 1 aromatic rings. The van der Waals surface area contributed by atoms with Gasteiger partial charge in [-0.05, 0) is 74.3 Å². The quantitative estimate of drug-likeness (QED) is 0.568. The predicted octanol–water partition coefficient (Wildman–Crippen LogP) is 4.41. The summed E-state index contributed by atoms with van der Waals surface area (Å²) in [6.07, 6.45) is 8.80. The highest BCUT2D eigenvalue weighted by molar-refractivity contribution is 9.10. The lowest BCUT2D eigenvalue weighted by atomic mass is 9.48. The van der Waals surface area contributed by atoms with E-state index in [2.05, 4.69) is 15.9 Å². The molecule has 1 heterocycles. The highest BCUT2D eigenvalue weighted by Crippen LogP contribution is 2.65. The summed E-state index contributed by atoms with van der Waals surface area (Å²) in [7, 11) is 0. The SMILES string of the molecule is O=C1c2ccccc2C(=O)N1CCC12C[C@@H]3C[C@@H](CC(Br)(C3)C1)C2. The Bertz CT molecular complexity index is 694. The van der Waals surface area contributed by atoms with Gasteiger partial charge in [0.05, 0.1) is 11.1 Å². The molecule has 0 spiro atoms. The number of fused-ring (bicyclic) bond motifs is 1. The summed E-state index contributed by atoms with van der Waals surface area (Å²) >= 11 is 4.05. The monoisotopic (exact) mass is 387 g/mol. The van der Waals surface area contributed by atoms with Gasteiger partial charge in [0.25, 0.3) is 11.8 Å². The number of rotatable bonds is 3. The molecule has 3 nitrogen and oxygen atoms in total. The fraction of sp³-hybridized carbons (Fsp3) is 0.600.